The largest absolute Gasteiger partial charge is 0.494 e. The van der Waals surface area contributed by atoms with Crippen LogP contribution in [0.2, 0.25) is 0 Å². The number of nitrogens with zero attached hydrogens (tertiary/aromatic N) is 2. The molecule has 2 aromatic rings. The van der Waals surface area contributed by atoms with Crippen LogP contribution < -0.4 is 10.1 Å². The lowest BCUT2D eigenvalue weighted by Crippen LogP contribution is -2.26. The summed E-state index contributed by atoms with van der Waals surface area (Å²) in [7, 11) is 0. The second-order valence-corrected chi connectivity index (χ2v) is 4.94. The van der Waals surface area contributed by atoms with Gasteiger partial charge in [0.15, 0.2) is 0 Å². The number of aromatic nitrogens is 2. The van der Waals surface area contributed by atoms with Crippen molar-refractivity contribution >= 4 is 0 Å². The predicted molar refractivity (Wildman–Crippen MR) is 85.6 cm³/mol. The monoisotopic (exact) mass is 287 g/mol. The molecule has 0 amide bonds. The van der Waals surface area contributed by atoms with Crippen LogP contribution in [0.25, 0.3) is 0 Å². The van der Waals surface area contributed by atoms with Crippen molar-refractivity contribution in [2.45, 2.75) is 39.8 Å². The quantitative estimate of drug-likeness (QED) is 0.809. The van der Waals surface area contributed by atoms with E-state index in [4.69, 9.17) is 4.74 Å². The van der Waals surface area contributed by atoms with Gasteiger partial charge in [0, 0.05) is 24.5 Å². The van der Waals surface area contributed by atoms with Gasteiger partial charge in [0.25, 0.3) is 0 Å². The van der Waals surface area contributed by atoms with Gasteiger partial charge < -0.3 is 14.6 Å². The van der Waals surface area contributed by atoms with E-state index in [0.29, 0.717) is 6.61 Å². The Morgan fingerprint density at radius 3 is 2.76 bits per heavy atom. The number of hydrogen-bond donors (Lipinski definition) is 1. The van der Waals surface area contributed by atoms with Gasteiger partial charge in [-0.25, -0.2) is 4.98 Å². The van der Waals surface area contributed by atoms with Gasteiger partial charge in [-0.05, 0) is 26.0 Å². The van der Waals surface area contributed by atoms with Gasteiger partial charge in [0.05, 0.1) is 12.6 Å². The second-order valence-electron chi connectivity index (χ2n) is 4.94. The topological polar surface area (TPSA) is 39.1 Å². The molecule has 0 aliphatic heterocycles. The van der Waals surface area contributed by atoms with Crippen LogP contribution in [0.1, 0.15) is 44.6 Å². The van der Waals surface area contributed by atoms with E-state index in [0.717, 1.165) is 36.6 Å². The average molecular weight is 287 g/mol. The zero-order valence-corrected chi connectivity index (χ0v) is 13.2. The highest BCUT2D eigenvalue weighted by molar-refractivity contribution is 5.39. The summed E-state index contributed by atoms with van der Waals surface area (Å²) in [5.74, 6) is 1.97. The van der Waals surface area contributed by atoms with Gasteiger partial charge in [0.2, 0.25) is 0 Å². The summed E-state index contributed by atoms with van der Waals surface area (Å²) >= 11 is 0. The highest BCUT2D eigenvalue weighted by Gasteiger charge is 2.21. The average Bonchev–Trinajstić information content (AvgIpc) is 2.94. The molecule has 0 saturated carbocycles. The Bertz CT molecular complexity index is 550. The lowest BCUT2D eigenvalue weighted by atomic mass is 10.0. The van der Waals surface area contributed by atoms with Crippen LogP contribution in [0.3, 0.4) is 0 Å². The van der Waals surface area contributed by atoms with Crippen LogP contribution in [0.15, 0.2) is 36.7 Å². The number of rotatable bonds is 8. The molecule has 0 aliphatic rings. The van der Waals surface area contributed by atoms with E-state index in [2.05, 4.69) is 40.8 Å². The van der Waals surface area contributed by atoms with Gasteiger partial charge >= 0.3 is 0 Å². The molecule has 0 radical (unpaired) electrons. The van der Waals surface area contributed by atoms with Crippen molar-refractivity contribution in [1.82, 2.24) is 14.9 Å². The predicted octanol–water partition coefficient (Wildman–Crippen LogP) is 3.39. The van der Waals surface area contributed by atoms with Gasteiger partial charge in [-0.1, -0.05) is 32.0 Å². The van der Waals surface area contributed by atoms with Crippen molar-refractivity contribution in [2.75, 3.05) is 13.2 Å². The van der Waals surface area contributed by atoms with E-state index in [1.165, 1.54) is 0 Å². The first kappa shape index (κ1) is 15.6. The molecule has 21 heavy (non-hydrogen) atoms. The Kier molecular flexibility index (Phi) is 5.81. The maximum absolute atomic E-state index is 5.79. The number of benzene rings is 1. The first-order chi connectivity index (χ1) is 10.3. The number of hydrogen-bond acceptors (Lipinski definition) is 3. The van der Waals surface area contributed by atoms with Crippen molar-refractivity contribution in [3.05, 3.63) is 48.0 Å². The van der Waals surface area contributed by atoms with Crippen LogP contribution in [0.5, 0.6) is 5.75 Å². The summed E-state index contributed by atoms with van der Waals surface area (Å²) in [5, 5.41) is 3.54. The van der Waals surface area contributed by atoms with E-state index in [9.17, 15) is 0 Å². The molecular formula is C17H25N3O. The van der Waals surface area contributed by atoms with Crippen molar-refractivity contribution < 1.29 is 4.74 Å². The molecule has 1 unspecified atom stereocenters. The van der Waals surface area contributed by atoms with Crippen molar-refractivity contribution in [1.29, 1.82) is 0 Å². The highest BCUT2D eigenvalue weighted by atomic mass is 16.5. The van der Waals surface area contributed by atoms with Crippen LogP contribution in [-0.2, 0) is 6.54 Å². The lowest BCUT2D eigenvalue weighted by Gasteiger charge is -2.22. The van der Waals surface area contributed by atoms with E-state index in [1.54, 1.807) is 0 Å². The lowest BCUT2D eigenvalue weighted by molar-refractivity contribution is 0.332. The maximum atomic E-state index is 5.79. The van der Waals surface area contributed by atoms with Crippen LogP contribution in [-0.4, -0.2) is 22.7 Å². The van der Waals surface area contributed by atoms with Gasteiger partial charge in [0.1, 0.15) is 11.6 Å². The molecule has 1 atom stereocenters. The number of para-hydroxylation sites is 1. The fraction of sp³-hybridized carbons (Fsp3) is 0.471. The molecule has 0 spiro atoms. The Hall–Kier alpha value is -1.81. The minimum absolute atomic E-state index is 0.0549. The number of imidazole rings is 1. The van der Waals surface area contributed by atoms with Gasteiger partial charge in [-0.2, -0.15) is 0 Å². The van der Waals surface area contributed by atoms with Crippen LogP contribution >= 0.6 is 0 Å². The Balaban J connectivity index is 2.41. The first-order valence-electron chi connectivity index (χ1n) is 7.77. The molecule has 1 N–H and O–H groups in total. The molecule has 4 nitrogen and oxygen atoms in total. The fourth-order valence-electron chi connectivity index (χ4n) is 2.56. The molecule has 1 heterocycles. The third kappa shape index (κ3) is 3.64. The number of ether oxygens (including phenoxy) is 1. The van der Waals surface area contributed by atoms with Crippen LogP contribution in [0, 0.1) is 0 Å². The standard InChI is InChI=1S/C17H25N3O/c1-4-12-20-13-11-19-17(20)16(18-5-2)14-9-7-8-10-15(14)21-6-3/h7-11,13,16,18H,4-6,12H2,1-3H3. The highest BCUT2D eigenvalue weighted by Crippen LogP contribution is 2.29. The SMILES string of the molecule is CCCn1ccnc1C(NCC)c1ccccc1OCC. The third-order valence-corrected chi connectivity index (χ3v) is 3.41. The molecule has 1 aromatic carbocycles. The summed E-state index contributed by atoms with van der Waals surface area (Å²) in [4.78, 5) is 4.58. The second kappa shape index (κ2) is 7.84. The minimum atomic E-state index is 0.0549. The molecule has 4 heteroatoms. The molecule has 2 rings (SSSR count). The van der Waals surface area contributed by atoms with E-state index in [-0.39, 0.29) is 6.04 Å². The molecule has 0 aliphatic carbocycles. The van der Waals surface area contributed by atoms with Gasteiger partial charge in [-0.3, -0.25) is 0 Å². The smallest absolute Gasteiger partial charge is 0.130 e. The third-order valence-electron chi connectivity index (χ3n) is 3.41. The van der Waals surface area contributed by atoms with Crippen molar-refractivity contribution in [3.8, 4) is 5.75 Å². The summed E-state index contributed by atoms with van der Waals surface area (Å²) in [6, 6.07) is 8.25. The first-order valence-corrected chi connectivity index (χ1v) is 7.77. The fourth-order valence-corrected chi connectivity index (χ4v) is 2.56. The summed E-state index contributed by atoms with van der Waals surface area (Å²) in [6.45, 7) is 8.83. The Morgan fingerprint density at radius 1 is 1.24 bits per heavy atom. The summed E-state index contributed by atoms with van der Waals surface area (Å²) < 4.78 is 8.00. The zero-order chi connectivity index (χ0) is 15.1. The molecule has 0 bridgehead atoms. The molecule has 1 aromatic heterocycles. The maximum Gasteiger partial charge on any atom is 0.130 e. The number of aryl methyl sites for hydroxylation is 1. The Labute approximate surface area is 127 Å². The molecule has 0 saturated heterocycles. The zero-order valence-electron chi connectivity index (χ0n) is 13.2. The molecule has 114 valence electrons. The van der Waals surface area contributed by atoms with Gasteiger partial charge in [-0.15, -0.1) is 0 Å². The summed E-state index contributed by atoms with van der Waals surface area (Å²) in [6.07, 6.45) is 5.01. The summed E-state index contributed by atoms with van der Waals surface area (Å²) in [5.41, 5.74) is 1.14. The molecule has 0 fully saturated rings. The van der Waals surface area contributed by atoms with E-state index < -0.39 is 0 Å². The van der Waals surface area contributed by atoms with Crippen molar-refractivity contribution in [2.24, 2.45) is 0 Å². The normalized spacial score (nSPS) is 12.3. The van der Waals surface area contributed by atoms with E-state index >= 15 is 0 Å². The van der Waals surface area contributed by atoms with Crippen LogP contribution in [0.4, 0.5) is 0 Å². The molecular weight excluding hydrogens is 262 g/mol. The van der Waals surface area contributed by atoms with E-state index in [1.807, 2.05) is 31.5 Å². The number of nitrogens with one attached hydrogen (secondary N) is 1. The minimum Gasteiger partial charge on any atom is -0.494 e. The Morgan fingerprint density at radius 2 is 2.05 bits per heavy atom. The van der Waals surface area contributed by atoms with Crippen molar-refractivity contribution in [3.63, 3.8) is 0 Å².